The van der Waals surface area contributed by atoms with Gasteiger partial charge in [0.05, 0.1) is 22.6 Å². The summed E-state index contributed by atoms with van der Waals surface area (Å²) in [5.74, 6) is 0.669. The zero-order valence-corrected chi connectivity index (χ0v) is 15.9. The van der Waals surface area contributed by atoms with Gasteiger partial charge in [-0.25, -0.2) is 4.39 Å². The number of nitrogen functional groups attached to an aromatic ring is 1. The molecule has 0 unspecified atom stereocenters. The van der Waals surface area contributed by atoms with E-state index in [2.05, 4.69) is 22.5 Å². The van der Waals surface area contributed by atoms with Crippen molar-refractivity contribution in [1.29, 1.82) is 0 Å². The third kappa shape index (κ3) is 4.22. The Morgan fingerprint density at radius 1 is 1.15 bits per heavy atom. The summed E-state index contributed by atoms with van der Waals surface area (Å²) in [6.07, 6.45) is 4.62. The van der Waals surface area contributed by atoms with Gasteiger partial charge in [0.15, 0.2) is 0 Å². The van der Waals surface area contributed by atoms with E-state index in [0.29, 0.717) is 37.2 Å². The number of nitrogens with two attached hydrogens (primary N) is 1. The molecule has 0 bridgehead atoms. The molecule has 0 atom stereocenters. The minimum Gasteiger partial charge on any atom is -0.397 e. The van der Waals surface area contributed by atoms with Crippen LogP contribution in [0, 0.1) is 5.92 Å². The number of amides is 1. The van der Waals surface area contributed by atoms with Crippen LogP contribution in [-0.2, 0) is 0 Å². The molecule has 0 spiro atoms. The minimum atomic E-state index is -0.745. The molecule has 5 nitrogen and oxygen atoms in total. The van der Waals surface area contributed by atoms with E-state index in [1.54, 1.807) is 6.07 Å². The highest BCUT2D eigenvalue weighted by Gasteiger charge is 2.26. The van der Waals surface area contributed by atoms with Crippen LogP contribution < -0.4 is 21.3 Å². The van der Waals surface area contributed by atoms with Crippen LogP contribution in [0.4, 0.5) is 21.5 Å². The van der Waals surface area contributed by atoms with Crippen molar-refractivity contribution < 1.29 is 9.18 Å². The fourth-order valence-electron chi connectivity index (χ4n) is 4.02. The third-order valence-electron chi connectivity index (χ3n) is 5.80. The van der Waals surface area contributed by atoms with Gasteiger partial charge in [-0.1, -0.05) is 6.92 Å². The van der Waals surface area contributed by atoms with Gasteiger partial charge in [-0.05, 0) is 56.6 Å². The monoisotopic (exact) mass is 362 g/mol. The van der Waals surface area contributed by atoms with Gasteiger partial charge in [-0.2, -0.15) is 0 Å². The topological polar surface area (TPSA) is 70.4 Å². The maximum absolute atomic E-state index is 13.5. The molecule has 1 aromatic carbocycles. The molecule has 2 aliphatic rings. The molecule has 1 heterocycles. The van der Waals surface area contributed by atoms with Crippen molar-refractivity contribution in [3.05, 3.63) is 17.7 Å². The van der Waals surface area contributed by atoms with Gasteiger partial charge in [0.25, 0.3) is 5.91 Å². The van der Waals surface area contributed by atoms with Crippen molar-refractivity contribution in [2.24, 2.45) is 5.92 Å². The fourth-order valence-corrected chi connectivity index (χ4v) is 4.02. The summed E-state index contributed by atoms with van der Waals surface area (Å²) in [6, 6.07) is 3.91. The van der Waals surface area contributed by atoms with E-state index in [4.69, 9.17) is 5.73 Å². The van der Waals surface area contributed by atoms with E-state index in [0.717, 1.165) is 43.0 Å². The van der Waals surface area contributed by atoms with Gasteiger partial charge in [0.2, 0.25) is 0 Å². The number of benzene rings is 1. The highest BCUT2D eigenvalue weighted by molar-refractivity contribution is 6.02. The number of nitrogens with zero attached hydrogens (tertiary/aromatic N) is 1. The molecule has 1 aliphatic heterocycles. The zero-order chi connectivity index (χ0) is 18.7. The maximum Gasteiger partial charge on any atom is 0.253 e. The van der Waals surface area contributed by atoms with E-state index in [1.807, 2.05) is 13.1 Å². The predicted molar refractivity (Wildman–Crippen MR) is 106 cm³/mol. The van der Waals surface area contributed by atoms with Gasteiger partial charge < -0.3 is 21.3 Å². The van der Waals surface area contributed by atoms with Crippen LogP contribution in [0.3, 0.4) is 0 Å². The first-order valence-electron chi connectivity index (χ1n) is 9.79. The number of carbonyl (C=O) groups excluding carboxylic acids is 1. The smallest absolute Gasteiger partial charge is 0.253 e. The van der Waals surface area contributed by atoms with E-state index in [1.165, 1.54) is 0 Å². The van der Waals surface area contributed by atoms with Crippen LogP contribution in [0.1, 0.15) is 55.8 Å². The molecule has 0 aromatic heterocycles. The molecule has 0 radical (unpaired) electrons. The number of halogens is 1. The summed E-state index contributed by atoms with van der Waals surface area (Å²) in [6.45, 7) is 3.51. The van der Waals surface area contributed by atoms with E-state index < -0.39 is 6.17 Å². The largest absolute Gasteiger partial charge is 0.397 e. The Balaban J connectivity index is 1.82. The Labute approximate surface area is 155 Å². The molecule has 4 N–H and O–H groups in total. The van der Waals surface area contributed by atoms with Crippen LogP contribution in [0.5, 0.6) is 0 Å². The average molecular weight is 362 g/mol. The molecule has 1 saturated carbocycles. The van der Waals surface area contributed by atoms with Crippen LogP contribution in [0.15, 0.2) is 12.1 Å². The molecule has 2 fully saturated rings. The number of anilines is 3. The van der Waals surface area contributed by atoms with Gasteiger partial charge in [0.1, 0.15) is 6.17 Å². The number of carbonyl (C=O) groups is 1. The summed E-state index contributed by atoms with van der Waals surface area (Å²) in [5.41, 5.74) is 8.91. The minimum absolute atomic E-state index is 0.0729. The van der Waals surface area contributed by atoms with E-state index >= 15 is 0 Å². The lowest BCUT2D eigenvalue weighted by Gasteiger charge is -2.33. The van der Waals surface area contributed by atoms with E-state index in [9.17, 15) is 9.18 Å². The predicted octanol–water partition coefficient (Wildman–Crippen LogP) is 3.56. The first-order valence-corrected chi connectivity index (χ1v) is 9.79. The summed E-state index contributed by atoms with van der Waals surface area (Å²) in [5, 5.41) is 6.27. The summed E-state index contributed by atoms with van der Waals surface area (Å²) in [4.78, 5) is 15.1. The Bertz CT molecular complexity index is 635. The van der Waals surface area contributed by atoms with Crippen LogP contribution >= 0.6 is 0 Å². The standard InChI is InChI=1S/C20H31FN4O/c1-13-3-5-15(6-4-13)24-20(26)16-11-17(22)18(23-2)12-19(16)25-9-7-14(21)8-10-25/h11-15,23H,3-10,22H2,1-2H3,(H,24,26). The van der Waals surface area contributed by atoms with Gasteiger partial charge in [-0.15, -0.1) is 0 Å². The highest BCUT2D eigenvalue weighted by Crippen LogP contribution is 2.33. The number of hydrogen-bond donors (Lipinski definition) is 3. The molecular formula is C20H31FN4O. The van der Waals surface area contributed by atoms with Gasteiger partial charge >= 0.3 is 0 Å². The highest BCUT2D eigenvalue weighted by atomic mass is 19.1. The molecule has 1 aliphatic carbocycles. The molecule has 1 saturated heterocycles. The Kier molecular flexibility index (Phi) is 5.89. The summed E-state index contributed by atoms with van der Waals surface area (Å²) < 4.78 is 13.5. The van der Waals surface area contributed by atoms with Crippen LogP contribution in [0.2, 0.25) is 0 Å². The van der Waals surface area contributed by atoms with Crippen molar-refractivity contribution in [3.8, 4) is 0 Å². The zero-order valence-electron chi connectivity index (χ0n) is 15.9. The second-order valence-electron chi connectivity index (χ2n) is 7.80. The number of hydrogen-bond acceptors (Lipinski definition) is 4. The number of nitrogens with one attached hydrogen (secondary N) is 2. The van der Waals surface area contributed by atoms with Crippen molar-refractivity contribution in [3.63, 3.8) is 0 Å². The molecule has 6 heteroatoms. The van der Waals surface area contributed by atoms with Crippen LogP contribution in [-0.4, -0.2) is 38.3 Å². The average Bonchev–Trinajstić information content (AvgIpc) is 2.64. The first-order chi connectivity index (χ1) is 12.5. The van der Waals surface area contributed by atoms with Crippen molar-refractivity contribution in [2.75, 3.05) is 36.1 Å². The number of rotatable bonds is 4. The van der Waals surface area contributed by atoms with Gasteiger partial charge in [0, 0.05) is 26.2 Å². The molecule has 26 heavy (non-hydrogen) atoms. The molecule has 3 rings (SSSR count). The van der Waals surface area contributed by atoms with Crippen LogP contribution in [0.25, 0.3) is 0 Å². The van der Waals surface area contributed by atoms with Crippen molar-refractivity contribution >= 4 is 23.0 Å². The van der Waals surface area contributed by atoms with Gasteiger partial charge in [-0.3, -0.25) is 4.79 Å². The molecular weight excluding hydrogens is 331 g/mol. The quantitative estimate of drug-likeness (QED) is 0.716. The molecule has 1 aromatic rings. The lowest BCUT2D eigenvalue weighted by atomic mass is 9.87. The third-order valence-corrected chi connectivity index (χ3v) is 5.80. The second kappa shape index (κ2) is 8.14. The normalized spacial score (nSPS) is 24.3. The first kappa shape index (κ1) is 18.8. The number of piperidine rings is 1. The number of alkyl halides is 1. The lowest BCUT2D eigenvalue weighted by Crippen LogP contribution is -2.39. The SMILES string of the molecule is CNc1cc(N2CCC(F)CC2)c(C(=O)NC2CCC(C)CC2)cc1N. The Morgan fingerprint density at radius 3 is 2.42 bits per heavy atom. The fraction of sp³-hybridized carbons (Fsp3) is 0.650. The van der Waals surface area contributed by atoms with Crippen molar-refractivity contribution in [2.45, 2.75) is 57.7 Å². The molecule has 1 amide bonds. The molecule has 144 valence electrons. The lowest BCUT2D eigenvalue weighted by molar-refractivity contribution is 0.0923. The second-order valence-corrected chi connectivity index (χ2v) is 7.80. The summed E-state index contributed by atoms with van der Waals surface area (Å²) >= 11 is 0. The summed E-state index contributed by atoms with van der Waals surface area (Å²) in [7, 11) is 1.81. The maximum atomic E-state index is 13.5. The Hall–Kier alpha value is -1.98. The Morgan fingerprint density at radius 2 is 1.81 bits per heavy atom. The van der Waals surface area contributed by atoms with E-state index in [-0.39, 0.29) is 11.9 Å². The van der Waals surface area contributed by atoms with Crippen molar-refractivity contribution in [1.82, 2.24) is 5.32 Å².